The summed E-state index contributed by atoms with van der Waals surface area (Å²) < 4.78 is 5.45. The van der Waals surface area contributed by atoms with Crippen LogP contribution in [0.1, 0.15) is 33.6 Å². The molecule has 0 bridgehead atoms. The van der Waals surface area contributed by atoms with Crippen LogP contribution < -0.4 is 0 Å². The molecule has 1 heterocycles. The third-order valence-corrected chi connectivity index (χ3v) is 3.56. The largest absolute Gasteiger partial charge is 0.389 e. The maximum absolute atomic E-state index is 9.90. The molecule has 1 atom stereocenters. The summed E-state index contributed by atoms with van der Waals surface area (Å²) >= 11 is 0. The fourth-order valence-electron chi connectivity index (χ4n) is 2.28. The van der Waals surface area contributed by atoms with Gasteiger partial charge in [-0.1, -0.05) is 13.3 Å². The molecule has 1 aliphatic rings. The Morgan fingerprint density at radius 1 is 1.17 bits per heavy atom. The van der Waals surface area contributed by atoms with E-state index in [0.717, 1.165) is 52.2 Å². The molecule has 0 aromatic heterocycles. The van der Waals surface area contributed by atoms with Crippen LogP contribution in [0.15, 0.2) is 0 Å². The first-order valence-corrected chi connectivity index (χ1v) is 7.35. The first-order valence-electron chi connectivity index (χ1n) is 7.35. The zero-order valence-electron chi connectivity index (χ0n) is 12.3. The highest BCUT2D eigenvalue weighted by atomic mass is 16.5. The zero-order valence-corrected chi connectivity index (χ0v) is 12.3. The van der Waals surface area contributed by atoms with Crippen molar-refractivity contribution in [2.45, 2.75) is 45.8 Å². The second kappa shape index (κ2) is 8.86. The Hall–Kier alpha value is -0.160. The normalized spacial score (nSPS) is 20.5. The molecular weight excluding hydrogens is 228 g/mol. The van der Waals surface area contributed by atoms with E-state index in [1.54, 1.807) is 0 Å². The fraction of sp³-hybridized carbons (Fsp3) is 1.00. The minimum atomic E-state index is -0.340. The van der Waals surface area contributed by atoms with Crippen LogP contribution in [-0.2, 0) is 4.74 Å². The summed E-state index contributed by atoms with van der Waals surface area (Å²) in [6, 6.07) is 0.634. The lowest BCUT2D eigenvalue weighted by Crippen LogP contribution is -2.50. The maximum Gasteiger partial charge on any atom is 0.0900 e. The summed E-state index contributed by atoms with van der Waals surface area (Å²) in [4.78, 5) is 4.83. The number of aliphatic hydroxyl groups excluding tert-OH is 1. The SMILES string of the molecule is CCCCOCC(O)CN1CCN(C(C)C)CC1. The van der Waals surface area contributed by atoms with Gasteiger partial charge < -0.3 is 9.84 Å². The minimum Gasteiger partial charge on any atom is -0.389 e. The van der Waals surface area contributed by atoms with Crippen LogP contribution in [0.5, 0.6) is 0 Å². The summed E-state index contributed by atoms with van der Waals surface area (Å²) in [5.74, 6) is 0. The monoisotopic (exact) mass is 258 g/mol. The third-order valence-electron chi connectivity index (χ3n) is 3.56. The molecule has 1 saturated heterocycles. The van der Waals surface area contributed by atoms with Gasteiger partial charge in [0.1, 0.15) is 0 Å². The van der Waals surface area contributed by atoms with Crippen molar-refractivity contribution in [3.63, 3.8) is 0 Å². The van der Waals surface area contributed by atoms with E-state index in [4.69, 9.17) is 4.74 Å². The summed E-state index contributed by atoms with van der Waals surface area (Å²) in [5.41, 5.74) is 0. The lowest BCUT2D eigenvalue weighted by molar-refractivity contribution is 0.00410. The molecule has 0 aromatic carbocycles. The number of nitrogens with zero attached hydrogens (tertiary/aromatic N) is 2. The van der Waals surface area contributed by atoms with Crippen molar-refractivity contribution in [2.24, 2.45) is 0 Å². The molecule has 1 fully saturated rings. The summed E-state index contributed by atoms with van der Waals surface area (Å²) in [6.07, 6.45) is 1.89. The van der Waals surface area contributed by atoms with Gasteiger partial charge in [-0.05, 0) is 20.3 Å². The highest BCUT2D eigenvalue weighted by Crippen LogP contribution is 2.06. The molecule has 1 rings (SSSR count). The van der Waals surface area contributed by atoms with Crippen molar-refractivity contribution < 1.29 is 9.84 Å². The molecule has 1 N–H and O–H groups in total. The van der Waals surface area contributed by atoms with Crippen LogP contribution in [0.2, 0.25) is 0 Å². The number of aliphatic hydroxyl groups is 1. The van der Waals surface area contributed by atoms with Crippen LogP contribution in [-0.4, -0.2) is 73.0 Å². The van der Waals surface area contributed by atoms with Crippen LogP contribution in [0, 0.1) is 0 Å². The van der Waals surface area contributed by atoms with Gasteiger partial charge in [-0.3, -0.25) is 9.80 Å². The number of piperazine rings is 1. The van der Waals surface area contributed by atoms with Crippen molar-refractivity contribution >= 4 is 0 Å². The Kier molecular flexibility index (Phi) is 7.82. The van der Waals surface area contributed by atoms with Crippen LogP contribution in [0.25, 0.3) is 0 Å². The Balaban J connectivity index is 2.08. The molecule has 18 heavy (non-hydrogen) atoms. The Labute approximate surface area is 112 Å². The molecular formula is C14H30N2O2. The quantitative estimate of drug-likeness (QED) is 0.664. The lowest BCUT2D eigenvalue weighted by Gasteiger charge is -2.37. The predicted octanol–water partition coefficient (Wildman–Crippen LogP) is 1.19. The van der Waals surface area contributed by atoms with E-state index >= 15 is 0 Å². The summed E-state index contributed by atoms with van der Waals surface area (Å²) in [6.45, 7) is 13.0. The molecule has 1 unspecified atom stereocenters. The maximum atomic E-state index is 9.90. The highest BCUT2D eigenvalue weighted by Gasteiger charge is 2.20. The van der Waals surface area contributed by atoms with E-state index in [1.807, 2.05) is 0 Å². The van der Waals surface area contributed by atoms with E-state index in [0.29, 0.717) is 12.6 Å². The number of unbranched alkanes of at least 4 members (excludes halogenated alkanes) is 1. The third kappa shape index (κ3) is 6.14. The number of β-amino-alcohol motifs (C(OH)–C–C–N with tert-alkyl or cyclic N) is 1. The van der Waals surface area contributed by atoms with E-state index < -0.39 is 0 Å². The van der Waals surface area contributed by atoms with E-state index in [1.165, 1.54) is 0 Å². The van der Waals surface area contributed by atoms with Gasteiger partial charge in [-0.15, -0.1) is 0 Å². The topological polar surface area (TPSA) is 35.9 Å². The highest BCUT2D eigenvalue weighted by molar-refractivity contribution is 4.75. The van der Waals surface area contributed by atoms with Gasteiger partial charge >= 0.3 is 0 Å². The number of hydrogen-bond acceptors (Lipinski definition) is 4. The average Bonchev–Trinajstić information content (AvgIpc) is 2.35. The van der Waals surface area contributed by atoms with Crippen molar-refractivity contribution in [1.29, 1.82) is 0 Å². The van der Waals surface area contributed by atoms with Crippen LogP contribution >= 0.6 is 0 Å². The molecule has 0 spiro atoms. The van der Waals surface area contributed by atoms with Gasteiger partial charge in [-0.25, -0.2) is 0 Å². The van der Waals surface area contributed by atoms with Crippen LogP contribution in [0.4, 0.5) is 0 Å². The molecule has 0 saturated carbocycles. The van der Waals surface area contributed by atoms with E-state index in [9.17, 15) is 5.11 Å². The van der Waals surface area contributed by atoms with Crippen molar-refractivity contribution in [1.82, 2.24) is 9.80 Å². The first kappa shape index (κ1) is 15.9. The molecule has 108 valence electrons. The van der Waals surface area contributed by atoms with Gasteiger partial charge in [-0.2, -0.15) is 0 Å². The van der Waals surface area contributed by atoms with E-state index in [2.05, 4.69) is 30.6 Å². The van der Waals surface area contributed by atoms with Crippen molar-refractivity contribution in [3.05, 3.63) is 0 Å². The molecule has 0 amide bonds. The Morgan fingerprint density at radius 3 is 2.39 bits per heavy atom. The molecule has 1 aliphatic heterocycles. The fourth-order valence-corrected chi connectivity index (χ4v) is 2.28. The zero-order chi connectivity index (χ0) is 13.4. The minimum absolute atomic E-state index is 0.340. The molecule has 0 radical (unpaired) electrons. The number of hydrogen-bond donors (Lipinski definition) is 1. The summed E-state index contributed by atoms with van der Waals surface area (Å²) in [7, 11) is 0. The van der Waals surface area contributed by atoms with E-state index in [-0.39, 0.29) is 6.10 Å². The van der Waals surface area contributed by atoms with Crippen molar-refractivity contribution in [3.8, 4) is 0 Å². The smallest absolute Gasteiger partial charge is 0.0900 e. The first-order chi connectivity index (χ1) is 8.63. The predicted molar refractivity (Wildman–Crippen MR) is 74.9 cm³/mol. The molecule has 4 nitrogen and oxygen atoms in total. The standard InChI is InChI=1S/C14H30N2O2/c1-4-5-10-18-12-14(17)11-15-6-8-16(9-7-15)13(2)3/h13-14,17H,4-12H2,1-3H3. The Morgan fingerprint density at radius 2 is 1.83 bits per heavy atom. The Bertz CT molecular complexity index is 204. The van der Waals surface area contributed by atoms with Gasteiger partial charge in [0, 0.05) is 45.4 Å². The average molecular weight is 258 g/mol. The summed E-state index contributed by atoms with van der Waals surface area (Å²) in [5, 5.41) is 9.90. The lowest BCUT2D eigenvalue weighted by atomic mass is 10.2. The van der Waals surface area contributed by atoms with Gasteiger partial charge in [0.15, 0.2) is 0 Å². The molecule has 4 heteroatoms. The molecule has 0 aliphatic carbocycles. The number of ether oxygens (including phenoxy) is 1. The second-order valence-corrected chi connectivity index (χ2v) is 5.51. The van der Waals surface area contributed by atoms with Crippen LogP contribution in [0.3, 0.4) is 0 Å². The van der Waals surface area contributed by atoms with Crippen molar-refractivity contribution in [2.75, 3.05) is 45.9 Å². The van der Waals surface area contributed by atoms with Gasteiger partial charge in [0.2, 0.25) is 0 Å². The van der Waals surface area contributed by atoms with Gasteiger partial charge in [0.25, 0.3) is 0 Å². The second-order valence-electron chi connectivity index (χ2n) is 5.51. The van der Waals surface area contributed by atoms with Gasteiger partial charge in [0.05, 0.1) is 12.7 Å². The number of rotatable bonds is 8. The molecule has 0 aromatic rings.